The van der Waals surface area contributed by atoms with Crippen molar-refractivity contribution in [3.05, 3.63) is 205 Å². The van der Waals surface area contributed by atoms with E-state index in [4.69, 9.17) is 8.83 Å². The van der Waals surface area contributed by atoms with Gasteiger partial charge in [-0.3, -0.25) is 0 Å². The molecule has 0 atom stereocenters. The van der Waals surface area contributed by atoms with E-state index in [0.29, 0.717) is 0 Å². The summed E-state index contributed by atoms with van der Waals surface area (Å²) >= 11 is 0. The molecule has 2 aliphatic carbocycles. The number of nitrogens with zero attached hydrogens (tertiary/aromatic N) is 1. The molecule has 0 aliphatic heterocycles. The number of rotatable bonds is 6. The van der Waals surface area contributed by atoms with Crippen molar-refractivity contribution >= 4 is 66.5 Å². The maximum absolute atomic E-state index is 6.76. The van der Waals surface area contributed by atoms with Gasteiger partial charge in [0, 0.05) is 55.1 Å². The van der Waals surface area contributed by atoms with Gasteiger partial charge in [-0.05, 0) is 106 Å². The average molecular weight is 802 g/mol. The van der Waals surface area contributed by atoms with E-state index < -0.39 is 0 Å². The molecule has 3 nitrogen and oxygen atoms in total. The summed E-state index contributed by atoms with van der Waals surface area (Å²) < 4.78 is 13.4. The molecule has 3 heteroatoms. The first-order chi connectivity index (χ1) is 30.5. The van der Waals surface area contributed by atoms with Gasteiger partial charge >= 0.3 is 0 Å². The zero-order valence-electron chi connectivity index (χ0n) is 35.6. The standard InChI is InChI=1S/C57H41NO2.C2H6/c1-57(2)51-23-9-6-16-42(51)43-33-31-40(35-52(43)57)58(38-28-26-37(27-29-38)36-14-4-3-5-15-36)39-30-32-41(46-19-12-20-47-44-17-7-10-24-53(44)59-55(46)47)50(34-39)49-22-13-21-48-45-18-8-11-25-54(45)60-56(48)49;1-2/h4,6-35H,3,5H2,1-2H3;1-2H3. The van der Waals surface area contributed by atoms with Gasteiger partial charge in [-0.25, -0.2) is 0 Å². The summed E-state index contributed by atoms with van der Waals surface area (Å²) in [6.07, 6.45) is 9.04. The van der Waals surface area contributed by atoms with E-state index in [1.165, 1.54) is 33.4 Å². The first-order valence-corrected chi connectivity index (χ1v) is 22.0. The second-order valence-corrected chi connectivity index (χ2v) is 16.7. The van der Waals surface area contributed by atoms with Crippen molar-refractivity contribution in [2.45, 2.75) is 46.0 Å². The maximum atomic E-state index is 6.76. The van der Waals surface area contributed by atoms with Crippen LogP contribution in [0, 0.1) is 0 Å². The van der Waals surface area contributed by atoms with E-state index in [0.717, 1.165) is 96.0 Å². The number of hydrogen-bond donors (Lipinski definition) is 0. The number of hydrogen-bond acceptors (Lipinski definition) is 3. The Morgan fingerprint density at radius 2 is 0.968 bits per heavy atom. The highest BCUT2D eigenvalue weighted by molar-refractivity contribution is 6.14. The van der Waals surface area contributed by atoms with Crippen LogP contribution < -0.4 is 4.90 Å². The molecule has 2 aliphatic rings. The average Bonchev–Trinajstić information content (AvgIpc) is 3.98. The number of allylic oxidation sites excluding steroid dienone is 4. The monoisotopic (exact) mass is 801 g/mol. The Labute approximate surface area is 362 Å². The lowest BCUT2D eigenvalue weighted by molar-refractivity contribution is 0.660. The molecule has 2 aromatic heterocycles. The lowest BCUT2D eigenvalue weighted by Gasteiger charge is -2.29. The van der Waals surface area contributed by atoms with Crippen LogP contribution in [0.3, 0.4) is 0 Å². The smallest absolute Gasteiger partial charge is 0.143 e. The van der Waals surface area contributed by atoms with Gasteiger partial charge in [-0.1, -0.05) is 167 Å². The fourth-order valence-electron chi connectivity index (χ4n) is 9.96. The normalized spacial score (nSPS) is 13.8. The molecule has 0 fully saturated rings. The second-order valence-electron chi connectivity index (χ2n) is 16.7. The number of anilines is 3. The molecule has 0 saturated carbocycles. The van der Waals surface area contributed by atoms with Gasteiger partial charge in [0.2, 0.25) is 0 Å². The molecule has 0 radical (unpaired) electrons. The number of para-hydroxylation sites is 4. The van der Waals surface area contributed by atoms with Gasteiger partial charge in [0.05, 0.1) is 0 Å². The van der Waals surface area contributed by atoms with Gasteiger partial charge in [-0.15, -0.1) is 0 Å². The largest absolute Gasteiger partial charge is 0.455 e. The van der Waals surface area contributed by atoms with Crippen molar-refractivity contribution in [2.24, 2.45) is 0 Å². The lowest BCUT2D eigenvalue weighted by Crippen LogP contribution is -2.16. The van der Waals surface area contributed by atoms with Crippen molar-refractivity contribution in [3.8, 4) is 33.4 Å². The summed E-state index contributed by atoms with van der Waals surface area (Å²) in [6, 6.07) is 61.5. The second kappa shape index (κ2) is 15.0. The molecule has 62 heavy (non-hydrogen) atoms. The summed E-state index contributed by atoms with van der Waals surface area (Å²) in [4.78, 5) is 2.42. The molecule has 8 aromatic carbocycles. The quantitative estimate of drug-likeness (QED) is 0.168. The van der Waals surface area contributed by atoms with Gasteiger partial charge in [0.1, 0.15) is 22.3 Å². The van der Waals surface area contributed by atoms with Crippen LogP contribution in [-0.2, 0) is 5.41 Å². The summed E-state index contributed by atoms with van der Waals surface area (Å²) in [5, 5.41) is 4.42. The van der Waals surface area contributed by atoms with Crippen LogP contribution in [0.25, 0.3) is 82.8 Å². The molecule has 300 valence electrons. The molecule has 10 aromatic rings. The summed E-state index contributed by atoms with van der Waals surface area (Å²) in [6.45, 7) is 8.71. The van der Waals surface area contributed by atoms with Crippen LogP contribution in [0.1, 0.15) is 57.2 Å². The summed E-state index contributed by atoms with van der Waals surface area (Å²) in [7, 11) is 0. The fraction of sp³-hybridized carbons (Fsp3) is 0.119. The Hall–Kier alpha value is -7.36. The molecule has 0 saturated heterocycles. The molecule has 0 spiro atoms. The van der Waals surface area contributed by atoms with Gasteiger partial charge in [0.25, 0.3) is 0 Å². The Morgan fingerprint density at radius 1 is 0.435 bits per heavy atom. The highest BCUT2D eigenvalue weighted by Crippen LogP contribution is 2.52. The van der Waals surface area contributed by atoms with Crippen LogP contribution in [0.5, 0.6) is 0 Å². The Bertz CT molecular complexity index is 3410. The topological polar surface area (TPSA) is 29.5 Å². The zero-order valence-corrected chi connectivity index (χ0v) is 35.6. The summed E-state index contributed by atoms with van der Waals surface area (Å²) in [5.74, 6) is 0. The van der Waals surface area contributed by atoms with Crippen molar-refractivity contribution in [1.82, 2.24) is 0 Å². The first kappa shape index (κ1) is 37.6. The van der Waals surface area contributed by atoms with Crippen LogP contribution >= 0.6 is 0 Å². The predicted octanol–water partition coefficient (Wildman–Crippen LogP) is 17.4. The molecule has 0 unspecified atom stereocenters. The SMILES string of the molecule is CC.CC1(C)c2ccccc2-c2ccc(N(c3ccc(C4=CCCC=C4)cc3)c3ccc(-c4cccc5c4oc4ccccc45)c(-c4cccc5c4oc4ccccc45)c3)cc21. The first-order valence-electron chi connectivity index (χ1n) is 22.0. The van der Waals surface area contributed by atoms with E-state index in [1.807, 2.05) is 26.0 Å². The Balaban J connectivity index is 0.00000213. The minimum atomic E-state index is -0.144. The van der Waals surface area contributed by atoms with Crippen molar-refractivity contribution < 1.29 is 8.83 Å². The molecule has 0 amide bonds. The van der Waals surface area contributed by atoms with Crippen molar-refractivity contribution in [2.75, 3.05) is 4.90 Å². The Kier molecular flexibility index (Phi) is 9.09. The zero-order chi connectivity index (χ0) is 42.0. The van der Waals surface area contributed by atoms with Crippen LogP contribution in [0.4, 0.5) is 17.1 Å². The highest BCUT2D eigenvalue weighted by atomic mass is 16.3. The molecule has 0 N–H and O–H groups in total. The van der Waals surface area contributed by atoms with Crippen LogP contribution in [0.2, 0.25) is 0 Å². The Morgan fingerprint density at radius 3 is 1.63 bits per heavy atom. The van der Waals surface area contributed by atoms with E-state index in [9.17, 15) is 0 Å². The molecular weight excluding hydrogens is 755 g/mol. The van der Waals surface area contributed by atoms with Crippen molar-refractivity contribution in [3.63, 3.8) is 0 Å². The molecule has 2 heterocycles. The van der Waals surface area contributed by atoms with Crippen LogP contribution in [0.15, 0.2) is 197 Å². The minimum absolute atomic E-state index is 0.144. The van der Waals surface area contributed by atoms with E-state index in [-0.39, 0.29) is 5.41 Å². The van der Waals surface area contributed by atoms with Crippen molar-refractivity contribution in [1.29, 1.82) is 0 Å². The molecule has 12 rings (SSSR count). The third-order valence-electron chi connectivity index (χ3n) is 12.9. The number of benzene rings is 8. The van der Waals surface area contributed by atoms with Gasteiger partial charge in [-0.2, -0.15) is 0 Å². The summed E-state index contributed by atoms with van der Waals surface area (Å²) in [5.41, 5.74) is 18.7. The number of fused-ring (bicyclic) bond motifs is 9. The predicted molar refractivity (Wildman–Crippen MR) is 262 cm³/mol. The van der Waals surface area contributed by atoms with E-state index >= 15 is 0 Å². The fourth-order valence-corrected chi connectivity index (χ4v) is 9.96. The van der Waals surface area contributed by atoms with Crippen LogP contribution in [-0.4, -0.2) is 0 Å². The maximum Gasteiger partial charge on any atom is 0.143 e. The molecular formula is C59H47NO2. The molecule has 0 bridgehead atoms. The third kappa shape index (κ3) is 5.95. The van der Waals surface area contributed by atoms with Gasteiger partial charge in [0.15, 0.2) is 0 Å². The third-order valence-corrected chi connectivity index (χ3v) is 12.9. The lowest BCUT2D eigenvalue weighted by atomic mass is 9.82. The van der Waals surface area contributed by atoms with E-state index in [2.05, 4.69) is 195 Å². The van der Waals surface area contributed by atoms with Gasteiger partial charge < -0.3 is 13.7 Å². The van der Waals surface area contributed by atoms with E-state index in [1.54, 1.807) is 0 Å². The number of furan rings is 2. The highest BCUT2D eigenvalue weighted by Gasteiger charge is 2.36. The minimum Gasteiger partial charge on any atom is -0.455 e.